The lowest BCUT2D eigenvalue weighted by Crippen LogP contribution is -2.43. The summed E-state index contributed by atoms with van der Waals surface area (Å²) in [4.78, 5) is 12.5. The highest BCUT2D eigenvalue weighted by Gasteiger charge is 2.27. The van der Waals surface area contributed by atoms with Crippen LogP contribution in [0.4, 0.5) is 4.39 Å². The quantitative estimate of drug-likeness (QED) is 0.659. The number of sulfonamides is 1. The highest BCUT2D eigenvalue weighted by Crippen LogP contribution is 2.20. The second-order valence-corrected chi connectivity index (χ2v) is 8.99. The minimum atomic E-state index is -3.95. The first-order valence-corrected chi connectivity index (χ1v) is 10.8. The van der Waals surface area contributed by atoms with Crippen molar-refractivity contribution in [3.8, 4) is 0 Å². The Morgan fingerprint density at radius 3 is 2.32 bits per heavy atom. The van der Waals surface area contributed by atoms with Crippen LogP contribution in [0.5, 0.6) is 0 Å². The predicted octanol–water partition coefficient (Wildman–Crippen LogP) is 3.97. The highest BCUT2D eigenvalue weighted by atomic mass is 35.5. The summed E-state index contributed by atoms with van der Waals surface area (Å²) in [5.74, 6) is -0.803. The van der Waals surface area contributed by atoms with Crippen molar-refractivity contribution >= 4 is 27.5 Å². The van der Waals surface area contributed by atoms with E-state index >= 15 is 0 Å². The Kier molecular flexibility index (Phi) is 7.98. The first kappa shape index (κ1) is 22.3. The second-order valence-electron chi connectivity index (χ2n) is 6.61. The van der Waals surface area contributed by atoms with Gasteiger partial charge in [0.1, 0.15) is 5.82 Å². The maximum absolute atomic E-state index is 13.2. The van der Waals surface area contributed by atoms with E-state index in [0.29, 0.717) is 10.6 Å². The summed E-state index contributed by atoms with van der Waals surface area (Å²) in [6.07, 6.45) is 1.71. The SMILES string of the molecule is CCC[C@H](C)NC(=O)CN(Cc1ccc(F)cc1)S(=O)(=O)c1ccc(Cl)cc1. The molecule has 1 N–H and O–H groups in total. The zero-order valence-electron chi connectivity index (χ0n) is 15.9. The van der Waals surface area contributed by atoms with E-state index in [1.807, 2.05) is 13.8 Å². The summed E-state index contributed by atoms with van der Waals surface area (Å²) < 4.78 is 40.4. The number of halogens is 2. The Morgan fingerprint density at radius 1 is 1.14 bits per heavy atom. The molecule has 152 valence electrons. The third-order valence-electron chi connectivity index (χ3n) is 4.17. The van der Waals surface area contributed by atoms with Crippen LogP contribution in [-0.2, 0) is 21.4 Å². The molecule has 5 nitrogen and oxygen atoms in total. The van der Waals surface area contributed by atoms with E-state index in [1.165, 1.54) is 48.5 Å². The minimum absolute atomic E-state index is 0.0356. The van der Waals surface area contributed by atoms with Crippen molar-refractivity contribution in [1.82, 2.24) is 9.62 Å². The standard InChI is InChI=1S/C20H24ClFN2O3S/c1-3-4-15(2)23-20(25)14-24(13-16-5-9-18(22)10-6-16)28(26,27)19-11-7-17(21)8-12-19/h5-12,15H,3-4,13-14H2,1-2H3,(H,23,25)/t15-/m0/s1. The summed E-state index contributed by atoms with van der Waals surface area (Å²) in [7, 11) is -3.95. The molecule has 0 aromatic heterocycles. The van der Waals surface area contributed by atoms with Crippen LogP contribution in [0.1, 0.15) is 32.3 Å². The second kappa shape index (κ2) is 10.0. The molecule has 2 aromatic rings. The van der Waals surface area contributed by atoms with Gasteiger partial charge in [0.25, 0.3) is 0 Å². The van der Waals surface area contributed by atoms with Crippen LogP contribution in [0.2, 0.25) is 5.02 Å². The zero-order valence-corrected chi connectivity index (χ0v) is 17.4. The summed E-state index contributed by atoms with van der Waals surface area (Å²) >= 11 is 5.85. The molecular formula is C20H24ClFN2O3S. The van der Waals surface area contributed by atoms with E-state index in [2.05, 4.69) is 5.32 Å². The largest absolute Gasteiger partial charge is 0.353 e. The molecule has 2 aromatic carbocycles. The molecule has 1 atom stereocenters. The van der Waals surface area contributed by atoms with Crippen LogP contribution in [0.15, 0.2) is 53.4 Å². The third kappa shape index (κ3) is 6.29. The summed E-state index contributed by atoms with van der Waals surface area (Å²) in [6, 6.07) is 11.2. The average molecular weight is 427 g/mol. The number of carbonyl (C=O) groups is 1. The molecule has 0 heterocycles. The fraction of sp³-hybridized carbons (Fsp3) is 0.350. The van der Waals surface area contributed by atoms with Gasteiger partial charge in [-0.15, -0.1) is 0 Å². The van der Waals surface area contributed by atoms with Crippen LogP contribution in [0.3, 0.4) is 0 Å². The molecule has 1 amide bonds. The molecule has 0 unspecified atom stereocenters. The normalized spacial score (nSPS) is 12.8. The topological polar surface area (TPSA) is 66.5 Å². The van der Waals surface area contributed by atoms with Gasteiger partial charge < -0.3 is 5.32 Å². The van der Waals surface area contributed by atoms with Crippen molar-refractivity contribution < 1.29 is 17.6 Å². The summed E-state index contributed by atoms with van der Waals surface area (Å²) in [5, 5.41) is 3.22. The van der Waals surface area contributed by atoms with Crippen molar-refractivity contribution in [3.05, 3.63) is 64.9 Å². The lowest BCUT2D eigenvalue weighted by molar-refractivity contribution is -0.122. The maximum atomic E-state index is 13.2. The molecule has 0 saturated carbocycles. The van der Waals surface area contributed by atoms with Crippen molar-refractivity contribution in [2.24, 2.45) is 0 Å². The molecule has 0 aliphatic heterocycles. The Labute approximate surface area is 170 Å². The highest BCUT2D eigenvalue weighted by molar-refractivity contribution is 7.89. The first-order chi connectivity index (χ1) is 13.2. The van der Waals surface area contributed by atoms with Gasteiger partial charge in [0.05, 0.1) is 11.4 Å². The average Bonchev–Trinajstić information content (AvgIpc) is 2.63. The number of benzene rings is 2. The minimum Gasteiger partial charge on any atom is -0.353 e. The predicted molar refractivity (Wildman–Crippen MR) is 108 cm³/mol. The number of nitrogens with zero attached hydrogens (tertiary/aromatic N) is 1. The van der Waals surface area contributed by atoms with Crippen LogP contribution in [-0.4, -0.2) is 31.2 Å². The van der Waals surface area contributed by atoms with Crippen LogP contribution in [0.25, 0.3) is 0 Å². The van der Waals surface area contributed by atoms with Gasteiger partial charge in [0, 0.05) is 17.6 Å². The van der Waals surface area contributed by atoms with Gasteiger partial charge in [-0.1, -0.05) is 37.1 Å². The number of hydrogen-bond donors (Lipinski definition) is 1. The first-order valence-electron chi connectivity index (χ1n) is 9.02. The Bertz CT molecular complexity index is 887. The molecule has 2 rings (SSSR count). The van der Waals surface area contributed by atoms with Crippen molar-refractivity contribution in [2.75, 3.05) is 6.54 Å². The van der Waals surface area contributed by atoms with E-state index in [-0.39, 0.29) is 29.9 Å². The molecule has 28 heavy (non-hydrogen) atoms. The van der Waals surface area contributed by atoms with Gasteiger partial charge in [-0.05, 0) is 55.3 Å². The van der Waals surface area contributed by atoms with Gasteiger partial charge in [0.15, 0.2) is 0 Å². The van der Waals surface area contributed by atoms with Gasteiger partial charge in [-0.3, -0.25) is 4.79 Å². The van der Waals surface area contributed by atoms with Crippen molar-refractivity contribution in [1.29, 1.82) is 0 Å². The van der Waals surface area contributed by atoms with Crippen molar-refractivity contribution in [3.63, 3.8) is 0 Å². The van der Waals surface area contributed by atoms with Crippen LogP contribution < -0.4 is 5.32 Å². The maximum Gasteiger partial charge on any atom is 0.243 e. The zero-order chi connectivity index (χ0) is 20.7. The molecule has 0 spiro atoms. The van der Waals surface area contributed by atoms with Crippen LogP contribution in [0, 0.1) is 5.82 Å². The van der Waals surface area contributed by atoms with Gasteiger partial charge in [-0.2, -0.15) is 4.31 Å². The Balaban J connectivity index is 2.27. The number of nitrogens with one attached hydrogen (secondary N) is 1. The number of rotatable bonds is 9. The van der Waals surface area contributed by atoms with Gasteiger partial charge >= 0.3 is 0 Å². The van der Waals surface area contributed by atoms with Gasteiger partial charge in [-0.25, -0.2) is 12.8 Å². The fourth-order valence-corrected chi connectivity index (χ4v) is 4.27. The van der Waals surface area contributed by atoms with E-state index < -0.39 is 15.8 Å². The lowest BCUT2D eigenvalue weighted by atomic mass is 10.2. The summed E-state index contributed by atoms with van der Waals surface area (Å²) in [6.45, 7) is 3.49. The number of amides is 1. The van der Waals surface area contributed by atoms with Gasteiger partial charge in [0.2, 0.25) is 15.9 Å². The van der Waals surface area contributed by atoms with E-state index in [9.17, 15) is 17.6 Å². The van der Waals surface area contributed by atoms with E-state index in [0.717, 1.165) is 17.1 Å². The summed E-state index contributed by atoms with van der Waals surface area (Å²) in [5.41, 5.74) is 0.577. The molecule has 8 heteroatoms. The fourth-order valence-electron chi connectivity index (χ4n) is 2.76. The third-order valence-corrected chi connectivity index (χ3v) is 6.23. The monoisotopic (exact) mass is 426 g/mol. The molecular weight excluding hydrogens is 403 g/mol. The lowest BCUT2D eigenvalue weighted by Gasteiger charge is -2.23. The molecule has 0 radical (unpaired) electrons. The Hall–Kier alpha value is -1.96. The van der Waals surface area contributed by atoms with Crippen LogP contribution >= 0.6 is 11.6 Å². The molecule has 0 aliphatic rings. The number of hydrogen-bond acceptors (Lipinski definition) is 3. The Morgan fingerprint density at radius 2 is 1.75 bits per heavy atom. The smallest absolute Gasteiger partial charge is 0.243 e. The number of carbonyl (C=O) groups excluding carboxylic acids is 1. The van der Waals surface area contributed by atoms with Crippen molar-refractivity contribution in [2.45, 2.75) is 44.2 Å². The molecule has 0 saturated heterocycles. The molecule has 0 bridgehead atoms. The van der Waals surface area contributed by atoms with E-state index in [4.69, 9.17) is 11.6 Å². The molecule has 0 aliphatic carbocycles. The molecule has 0 fully saturated rings. The van der Waals surface area contributed by atoms with E-state index in [1.54, 1.807) is 0 Å².